The van der Waals surface area contributed by atoms with Crippen LogP contribution in [0.2, 0.25) is 0 Å². The van der Waals surface area contributed by atoms with Crippen LogP contribution < -0.4 is 10.3 Å². The summed E-state index contributed by atoms with van der Waals surface area (Å²) in [5.41, 5.74) is 3.07. The Bertz CT molecular complexity index is 854. The van der Waals surface area contributed by atoms with Crippen LogP contribution in [0.4, 0.5) is 0 Å². The highest BCUT2D eigenvalue weighted by Crippen LogP contribution is 2.28. The number of carbonyl (C=O) groups excluding carboxylic acids is 1. The van der Waals surface area contributed by atoms with Gasteiger partial charge in [-0.2, -0.15) is 0 Å². The van der Waals surface area contributed by atoms with Crippen molar-refractivity contribution >= 4 is 5.91 Å². The molecule has 2 heterocycles. The van der Waals surface area contributed by atoms with E-state index in [9.17, 15) is 9.59 Å². The van der Waals surface area contributed by atoms with Gasteiger partial charge in [0, 0.05) is 45.0 Å². The van der Waals surface area contributed by atoms with Gasteiger partial charge in [-0.15, -0.1) is 0 Å². The number of ether oxygens (including phenoxy) is 1. The average Bonchev–Trinajstić information content (AvgIpc) is 2.65. The molecule has 1 aliphatic rings. The summed E-state index contributed by atoms with van der Waals surface area (Å²) < 4.78 is 7.07. The number of piperazine rings is 1. The summed E-state index contributed by atoms with van der Waals surface area (Å²) in [6.07, 6.45) is 1.80. The second kappa shape index (κ2) is 7.33. The van der Waals surface area contributed by atoms with Crippen LogP contribution >= 0.6 is 0 Å². The molecule has 0 N–H and O–H groups in total. The minimum Gasteiger partial charge on any atom is -0.496 e. The fourth-order valence-corrected chi connectivity index (χ4v) is 3.26. The number of rotatable bonds is 3. The van der Waals surface area contributed by atoms with Crippen molar-refractivity contribution in [2.24, 2.45) is 7.05 Å². The molecule has 1 amide bonds. The Morgan fingerprint density at radius 3 is 2.35 bits per heavy atom. The molecule has 6 heteroatoms. The summed E-state index contributed by atoms with van der Waals surface area (Å²) in [7, 11) is 5.37. The molecule has 0 aliphatic carbocycles. The molecular formula is C20H25N3O3. The Morgan fingerprint density at radius 2 is 1.73 bits per heavy atom. The van der Waals surface area contributed by atoms with Gasteiger partial charge in [-0.05, 0) is 43.3 Å². The first-order valence-electron chi connectivity index (χ1n) is 8.74. The third-order valence-electron chi connectivity index (χ3n) is 4.92. The number of hydrogen-bond acceptors (Lipinski definition) is 4. The van der Waals surface area contributed by atoms with E-state index >= 15 is 0 Å². The summed E-state index contributed by atoms with van der Waals surface area (Å²) in [6, 6.07) is 7.45. The number of hydrogen-bond donors (Lipinski definition) is 0. The number of benzene rings is 1. The number of aromatic nitrogens is 1. The van der Waals surface area contributed by atoms with Gasteiger partial charge in [0.1, 0.15) is 5.75 Å². The van der Waals surface area contributed by atoms with Crippen molar-refractivity contribution in [3.63, 3.8) is 0 Å². The van der Waals surface area contributed by atoms with Crippen LogP contribution in [0.5, 0.6) is 5.75 Å². The molecule has 0 atom stereocenters. The number of nitrogens with zero attached hydrogens (tertiary/aromatic N) is 3. The Labute approximate surface area is 153 Å². The topological polar surface area (TPSA) is 54.8 Å². The van der Waals surface area contributed by atoms with Gasteiger partial charge in [-0.3, -0.25) is 9.59 Å². The molecule has 2 aromatic rings. The van der Waals surface area contributed by atoms with E-state index in [2.05, 4.69) is 11.9 Å². The Kier molecular flexibility index (Phi) is 5.13. The lowest BCUT2D eigenvalue weighted by Gasteiger charge is -2.32. The van der Waals surface area contributed by atoms with Crippen LogP contribution in [0.1, 0.15) is 15.9 Å². The Morgan fingerprint density at radius 1 is 1.04 bits per heavy atom. The summed E-state index contributed by atoms with van der Waals surface area (Å²) in [6.45, 7) is 5.00. The number of methoxy groups -OCH3 is 1. The molecule has 3 rings (SSSR count). The fraction of sp³-hybridized carbons (Fsp3) is 0.400. The van der Waals surface area contributed by atoms with Crippen molar-refractivity contribution in [3.8, 4) is 16.9 Å². The predicted molar refractivity (Wildman–Crippen MR) is 102 cm³/mol. The maximum absolute atomic E-state index is 12.9. The van der Waals surface area contributed by atoms with E-state index in [-0.39, 0.29) is 11.5 Å². The molecule has 0 unspecified atom stereocenters. The van der Waals surface area contributed by atoms with Gasteiger partial charge in [0.15, 0.2) is 0 Å². The quantitative estimate of drug-likeness (QED) is 0.842. The molecule has 1 fully saturated rings. The molecule has 6 nitrogen and oxygen atoms in total. The number of aryl methyl sites for hydroxylation is 2. The molecule has 0 spiro atoms. The van der Waals surface area contributed by atoms with Crippen LogP contribution in [0.15, 0.2) is 35.3 Å². The molecule has 0 bridgehead atoms. The van der Waals surface area contributed by atoms with Gasteiger partial charge >= 0.3 is 0 Å². The molecule has 0 radical (unpaired) electrons. The first kappa shape index (κ1) is 18.2. The van der Waals surface area contributed by atoms with Gasteiger partial charge in [-0.25, -0.2) is 0 Å². The van der Waals surface area contributed by atoms with Crippen LogP contribution in [-0.4, -0.2) is 60.6 Å². The SMILES string of the molecule is COc1cc(-c2cc(C)c(=O)n(C)c2)ccc1C(=O)N1CCN(C)CC1. The van der Waals surface area contributed by atoms with E-state index in [1.54, 1.807) is 31.8 Å². The van der Waals surface area contributed by atoms with Gasteiger partial charge in [0.2, 0.25) is 0 Å². The zero-order chi connectivity index (χ0) is 18.8. The third kappa shape index (κ3) is 3.51. The summed E-state index contributed by atoms with van der Waals surface area (Å²) >= 11 is 0. The van der Waals surface area contributed by atoms with E-state index in [0.717, 1.165) is 37.3 Å². The predicted octanol–water partition coefficient (Wildman–Crippen LogP) is 1.76. The van der Waals surface area contributed by atoms with Crippen LogP contribution in [0.25, 0.3) is 11.1 Å². The molecule has 1 aromatic heterocycles. The Balaban J connectivity index is 1.93. The van der Waals surface area contributed by atoms with Gasteiger partial charge in [0.05, 0.1) is 12.7 Å². The lowest BCUT2D eigenvalue weighted by Crippen LogP contribution is -2.47. The molecule has 138 valence electrons. The maximum Gasteiger partial charge on any atom is 0.257 e. The van der Waals surface area contributed by atoms with Crippen molar-refractivity contribution in [3.05, 3.63) is 51.9 Å². The van der Waals surface area contributed by atoms with Crippen molar-refractivity contribution in [1.29, 1.82) is 0 Å². The first-order chi connectivity index (χ1) is 12.4. The third-order valence-corrected chi connectivity index (χ3v) is 4.92. The second-order valence-corrected chi connectivity index (χ2v) is 6.84. The van der Waals surface area contributed by atoms with E-state index < -0.39 is 0 Å². The number of likely N-dealkylation sites (N-methyl/N-ethyl adjacent to an activating group) is 1. The van der Waals surface area contributed by atoms with Gasteiger partial charge in [-0.1, -0.05) is 6.07 Å². The molecule has 1 aliphatic heterocycles. The summed E-state index contributed by atoms with van der Waals surface area (Å²) in [5, 5.41) is 0. The second-order valence-electron chi connectivity index (χ2n) is 6.84. The van der Waals surface area contributed by atoms with Crippen molar-refractivity contribution in [2.45, 2.75) is 6.92 Å². The highest BCUT2D eigenvalue weighted by molar-refractivity contribution is 5.97. The largest absolute Gasteiger partial charge is 0.496 e. The molecule has 1 saturated heterocycles. The first-order valence-corrected chi connectivity index (χ1v) is 8.74. The number of amides is 1. The molecule has 26 heavy (non-hydrogen) atoms. The summed E-state index contributed by atoms with van der Waals surface area (Å²) in [5.74, 6) is 0.552. The molecular weight excluding hydrogens is 330 g/mol. The van der Waals surface area contributed by atoms with E-state index in [4.69, 9.17) is 4.74 Å². The fourth-order valence-electron chi connectivity index (χ4n) is 3.26. The van der Waals surface area contributed by atoms with E-state index in [1.807, 2.05) is 29.2 Å². The maximum atomic E-state index is 12.9. The van der Waals surface area contributed by atoms with Gasteiger partial charge < -0.3 is 19.1 Å². The van der Waals surface area contributed by atoms with Crippen LogP contribution in [0, 0.1) is 6.92 Å². The molecule has 1 aromatic carbocycles. The highest BCUT2D eigenvalue weighted by Gasteiger charge is 2.23. The monoisotopic (exact) mass is 355 g/mol. The highest BCUT2D eigenvalue weighted by atomic mass is 16.5. The standard InChI is InChI=1S/C20H25N3O3/c1-14-11-16(13-22(3)19(14)24)15-5-6-17(18(12-15)26-4)20(25)23-9-7-21(2)8-10-23/h5-6,11-13H,7-10H2,1-4H3. The Hall–Kier alpha value is -2.60. The van der Waals surface area contributed by atoms with Crippen molar-refractivity contribution < 1.29 is 9.53 Å². The minimum absolute atomic E-state index is 0.00172. The summed E-state index contributed by atoms with van der Waals surface area (Å²) in [4.78, 5) is 28.9. The zero-order valence-corrected chi connectivity index (χ0v) is 15.8. The smallest absolute Gasteiger partial charge is 0.257 e. The average molecular weight is 355 g/mol. The molecule has 0 saturated carbocycles. The normalized spacial score (nSPS) is 15.2. The minimum atomic E-state index is -0.0115. The number of carbonyl (C=O) groups is 1. The van der Waals surface area contributed by atoms with Crippen LogP contribution in [-0.2, 0) is 7.05 Å². The van der Waals surface area contributed by atoms with Crippen molar-refractivity contribution in [1.82, 2.24) is 14.4 Å². The van der Waals surface area contributed by atoms with E-state index in [1.165, 1.54) is 0 Å². The van der Waals surface area contributed by atoms with Crippen LogP contribution in [0.3, 0.4) is 0 Å². The number of pyridine rings is 1. The zero-order valence-electron chi connectivity index (χ0n) is 15.8. The van der Waals surface area contributed by atoms with Crippen molar-refractivity contribution in [2.75, 3.05) is 40.3 Å². The van der Waals surface area contributed by atoms with E-state index in [0.29, 0.717) is 16.9 Å². The van der Waals surface area contributed by atoms with Gasteiger partial charge in [0.25, 0.3) is 11.5 Å². The lowest BCUT2D eigenvalue weighted by atomic mass is 10.0. The lowest BCUT2D eigenvalue weighted by molar-refractivity contribution is 0.0661.